The highest BCUT2D eigenvalue weighted by Crippen LogP contribution is 2.27. The minimum atomic E-state index is 0.298. The third kappa shape index (κ3) is 2.06. The van der Waals surface area contributed by atoms with Gasteiger partial charge in [0.05, 0.1) is 24.3 Å². The highest BCUT2D eigenvalue weighted by atomic mass is 16.5. The molecule has 0 atom stereocenters. The van der Waals surface area contributed by atoms with Crippen molar-refractivity contribution in [2.45, 2.75) is 0 Å². The van der Waals surface area contributed by atoms with E-state index in [4.69, 9.17) is 10.00 Å². The average Bonchev–Trinajstić information content (AvgIpc) is 2.46. The molecule has 0 N–H and O–H groups in total. The summed E-state index contributed by atoms with van der Waals surface area (Å²) in [6.07, 6.45) is 2.30. The minimum absolute atomic E-state index is 0.298. The highest BCUT2D eigenvalue weighted by molar-refractivity contribution is 5.90. The molecule has 2 aromatic rings. The van der Waals surface area contributed by atoms with Crippen LogP contribution in [0.15, 0.2) is 36.5 Å². The van der Waals surface area contributed by atoms with Crippen LogP contribution in [0, 0.1) is 11.3 Å². The number of carbonyl (C=O) groups is 1. The van der Waals surface area contributed by atoms with Crippen LogP contribution in [0.3, 0.4) is 0 Å². The summed E-state index contributed by atoms with van der Waals surface area (Å²) in [7, 11) is 1.47. The van der Waals surface area contributed by atoms with Gasteiger partial charge in [0, 0.05) is 6.20 Å². The molecule has 4 heteroatoms. The first-order chi connectivity index (χ1) is 8.80. The van der Waals surface area contributed by atoms with Crippen molar-refractivity contribution in [2.24, 2.45) is 0 Å². The molecule has 4 nitrogen and oxygen atoms in total. The predicted octanol–water partition coefficient (Wildman–Crippen LogP) is 2.44. The summed E-state index contributed by atoms with van der Waals surface area (Å²) in [5.74, 6) is 0.298. The highest BCUT2D eigenvalue weighted by Gasteiger charge is 2.11. The van der Waals surface area contributed by atoms with Gasteiger partial charge in [-0.25, -0.2) is 4.98 Å². The van der Waals surface area contributed by atoms with Crippen molar-refractivity contribution in [1.29, 1.82) is 5.26 Å². The molecule has 0 saturated carbocycles. The summed E-state index contributed by atoms with van der Waals surface area (Å²) in [4.78, 5) is 15.1. The topological polar surface area (TPSA) is 63.0 Å². The van der Waals surface area contributed by atoms with Crippen molar-refractivity contribution >= 4 is 6.29 Å². The van der Waals surface area contributed by atoms with E-state index in [9.17, 15) is 4.79 Å². The molecule has 0 saturated heterocycles. The summed E-state index contributed by atoms with van der Waals surface area (Å²) in [5, 5.41) is 8.75. The van der Waals surface area contributed by atoms with Gasteiger partial charge in [-0.2, -0.15) is 5.26 Å². The second-order valence-corrected chi connectivity index (χ2v) is 3.59. The molecule has 0 fully saturated rings. The van der Waals surface area contributed by atoms with Gasteiger partial charge in [0.15, 0.2) is 6.29 Å². The molecule has 1 aromatic heterocycles. The first-order valence-electron chi connectivity index (χ1n) is 5.29. The van der Waals surface area contributed by atoms with Gasteiger partial charge in [-0.3, -0.25) is 4.79 Å². The van der Waals surface area contributed by atoms with E-state index in [1.807, 2.05) is 0 Å². The SMILES string of the molecule is COc1nccc(-c2ccc(C#N)cc2)c1C=O. The normalized spacial score (nSPS) is 9.56. The van der Waals surface area contributed by atoms with Crippen LogP contribution in [0.2, 0.25) is 0 Å². The maximum Gasteiger partial charge on any atom is 0.224 e. The van der Waals surface area contributed by atoms with Crippen molar-refractivity contribution in [3.05, 3.63) is 47.7 Å². The molecular formula is C14H10N2O2. The molecule has 0 aliphatic heterocycles. The molecule has 0 bridgehead atoms. The van der Waals surface area contributed by atoms with E-state index < -0.39 is 0 Å². The van der Waals surface area contributed by atoms with Gasteiger partial charge < -0.3 is 4.74 Å². The maximum atomic E-state index is 11.1. The van der Waals surface area contributed by atoms with Crippen molar-refractivity contribution in [2.75, 3.05) is 7.11 Å². The Balaban J connectivity index is 2.56. The minimum Gasteiger partial charge on any atom is -0.480 e. The number of hydrogen-bond donors (Lipinski definition) is 0. The Kier molecular flexibility index (Phi) is 3.35. The van der Waals surface area contributed by atoms with E-state index in [2.05, 4.69) is 11.1 Å². The van der Waals surface area contributed by atoms with Crippen LogP contribution in [-0.2, 0) is 0 Å². The van der Waals surface area contributed by atoms with Gasteiger partial charge in [0.2, 0.25) is 5.88 Å². The third-order valence-corrected chi connectivity index (χ3v) is 2.59. The van der Waals surface area contributed by atoms with Crippen LogP contribution in [0.4, 0.5) is 0 Å². The van der Waals surface area contributed by atoms with Crippen molar-refractivity contribution in [1.82, 2.24) is 4.98 Å². The number of rotatable bonds is 3. The van der Waals surface area contributed by atoms with Crippen LogP contribution < -0.4 is 4.74 Å². The van der Waals surface area contributed by atoms with Gasteiger partial charge in [0.25, 0.3) is 0 Å². The molecule has 0 amide bonds. The van der Waals surface area contributed by atoms with Gasteiger partial charge in [0.1, 0.15) is 0 Å². The second-order valence-electron chi connectivity index (χ2n) is 3.59. The molecule has 0 radical (unpaired) electrons. The third-order valence-electron chi connectivity index (χ3n) is 2.59. The molecule has 0 spiro atoms. The molecule has 0 aliphatic carbocycles. The number of pyridine rings is 1. The van der Waals surface area contributed by atoms with E-state index >= 15 is 0 Å². The smallest absolute Gasteiger partial charge is 0.224 e. The fraction of sp³-hybridized carbons (Fsp3) is 0.0714. The first-order valence-corrected chi connectivity index (χ1v) is 5.29. The molecular weight excluding hydrogens is 228 g/mol. The van der Waals surface area contributed by atoms with E-state index in [0.29, 0.717) is 17.0 Å². The van der Waals surface area contributed by atoms with Gasteiger partial charge in [-0.15, -0.1) is 0 Å². The fourth-order valence-electron chi connectivity index (χ4n) is 1.71. The lowest BCUT2D eigenvalue weighted by molar-refractivity contribution is 0.112. The summed E-state index contributed by atoms with van der Waals surface area (Å²) >= 11 is 0. The Morgan fingerprint density at radius 1 is 1.28 bits per heavy atom. The molecule has 2 rings (SSSR count). The zero-order valence-electron chi connectivity index (χ0n) is 9.75. The standard InChI is InChI=1S/C14H10N2O2/c1-18-14-13(9-17)12(6-7-16-14)11-4-2-10(8-15)3-5-11/h2-7,9H,1H3. The van der Waals surface area contributed by atoms with E-state index in [1.165, 1.54) is 7.11 Å². The number of aldehydes is 1. The van der Waals surface area contributed by atoms with Crippen LogP contribution in [-0.4, -0.2) is 18.4 Å². The number of methoxy groups -OCH3 is 1. The van der Waals surface area contributed by atoms with Crippen molar-refractivity contribution < 1.29 is 9.53 Å². The number of carbonyl (C=O) groups excluding carboxylic acids is 1. The van der Waals surface area contributed by atoms with Gasteiger partial charge >= 0.3 is 0 Å². The molecule has 0 unspecified atom stereocenters. The number of hydrogen-bond acceptors (Lipinski definition) is 4. The van der Waals surface area contributed by atoms with Gasteiger partial charge in [-0.05, 0) is 29.3 Å². The quantitative estimate of drug-likeness (QED) is 0.770. The summed E-state index contributed by atoms with van der Waals surface area (Å²) < 4.78 is 5.05. The Hall–Kier alpha value is -2.67. The monoisotopic (exact) mass is 238 g/mol. The number of nitriles is 1. The zero-order chi connectivity index (χ0) is 13.0. The van der Waals surface area contributed by atoms with Crippen LogP contribution in [0.25, 0.3) is 11.1 Å². The lowest BCUT2D eigenvalue weighted by Gasteiger charge is -2.08. The fourth-order valence-corrected chi connectivity index (χ4v) is 1.71. The second kappa shape index (κ2) is 5.11. The molecule has 1 aromatic carbocycles. The number of benzene rings is 1. The van der Waals surface area contributed by atoms with Crippen LogP contribution in [0.5, 0.6) is 5.88 Å². The largest absolute Gasteiger partial charge is 0.480 e. The Morgan fingerprint density at radius 3 is 2.56 bits per heavy atom. The molecule has 0 aliphatic rings. The predicted molar refractivity (Wildman–Crippen MR) is 66.3 cm³/mol. The number of nitrogens with zero attached hydrogens (tertiary/aromatic N) is 2. The number of ether oxygens (including phenoxy) is 1. The molecule has 1 heterocycles. The maximum absolute atomic E-state index is 11.1. The summed E-state index contributed by atoms with van der Waals surface area (Å²) in [5.41, 5.74) is 2.57. The first kappa shape index (κ1) is 11.8. The molecule has 18 heavy (non-hydrogen) atoms. The van der Waals surface area contributed by atoms with Gasteiger partial charge in [-0.1, -0.05) is 12.1 Å². The van der Waals surface area contributed by atoms with Crippen molar-refractivity contribution in [3.8, 4) is 23.1 Å². The van der Waals surface area contributed by atoms with Crippen LogP contribution >= 0.6 is 0 Å². The Labute approximate surface area is 104 Å². The molecule has 88 valence electrons. The van der Waals surface area contributed by atoms with Crippen molar-refractivity contribution in [3.63, 3.8) is 0 Å². The van der Waals surface area contributed by atoms with Crippen LogP contribution in [0.1, 0.15) is 15.9 Å². The Morgan fingerprint density at radius 2 is 2.00 bits per heavy atom. The lowest BCUT2D eigenvalue weighted by Crippen LogP contribution is -1.96. The number of aromatic nitrogens is 1. The van der Waals surface area contributed by atoms with E-state index in [-0.39, 0.29) is 0 Å². The van der Waals surface area contributed by atoms with E-state index in [0.717, 1.165) is 17.4 Å². The zero-order valence-corrected chi connectivity index (χ0v) is 9.75. The average molecular weight is 238 g/mol. The summed E-state index contributed by atoms with van der Waals surface area (Å²) in [6.45, 7) is 0. The lowest BCUT2D eigenvalue weighted by atomic mass is 10.0. The Bertz CT molecular complexity index is 613. The van der Waals surface area contributed by atoms with E-state index in [1.54, 1.807) is 36.5 Å². The summed E-state index contributed by atoms with van der Waals surface area (Å²) in [6, 6.07) is 10.8.